The molecule has 4 heteroatoms. The highest BCUT2D eigenvalue weighted by Crippen LogP contribution is 2.41. The molecule has 0 aromatic heterocycles. The Hall–Kier alpha value is -0.870. The predicted octanol–water partition coefficient (Wildman–Crippen LogP) is 4.63. The molecule has 2 aromatic carbocycles. The summed E-state index contributed by atoms with van der Waals surface area (Å²) >= 11 is 10.0. The second kappa shape index (κ2) is 7.40. The van der Waals surface area contributed by atoms with Gasteiger partial charge in [-0.3, -0.25) is 4.90 Å². The third-order valence-corrected chi connectivity index (χ3v) is 6.77. The van der Waals surface area contributed by atoms with Crippen molar-refractivity contribution in [3.8, 4) is 0 Å². The van der Waals surface area contributed by atoms with E-state index in [0.29, 0.717) is 17.9 Å². The van der Waals surface area contributed by atoms with Crippen LogP contribution >= 0.6 is 27.5 Å². The van der Waals surface area contributed by atoms with Gasteiger partial charge in [-0.2, -0.15) is 0 Å². The molecule has 1 aliphatic carbocycles. The van der Waals surface area contributed by atoms with Crippen LogP contribution in [0.1, 0.15) is 29.0 Å². The van der Waals surface area contributed by atoms with Crippen molar-refractivity contribution < 1.29 is 0 Å². The maximum atomic E-state index is 6.53. The first-order valence-corrected chi connectivity index (χ1v) is 10.3. The number of likely N-dealkylation sites (tertiary alicyclic amines) is 1. The Morgan fingerprint density at radius 1 is 1.20 bits per heavy atom. The summed E-state index contributed by atoms with van der Waals surface area (Å²) in [6.45, 7) is 3.12. The fourth-order valence-corrected chi connectivity index (χ4v) is 5.32. The zero-order valence-electron chi connectivity index (χ0n) is 14.3. The van der Waals surface area contributed by atoms with Gasteiger partial charge in [0.05, 0.1) is 0 Å². The van der Waals surface area contributed by atoms with Crippen LogP contribution in [0.15, 0.2) is 46.9 Å². The maximum absolute atomic E-state index is 6.53. The number of fused-ring (bicyclic) bond motifs is 1. The first-order chi connectivity index (χ1) is 12.2. The number of benzene rings is 2. The summed E-state index contributed by atoms with van der Waals surface area (Å²) in [7, 11) is 0. The van der Waals surface area contributed by atoms with Crippen molar-refractivity contribution in [3.63, 3.8) is 0 Å². The van der Waals surface area contributed by atoms with E-state index < -0.39 is 0 Å². The molecule has 1 fully saturated rings. The largest absolute Gasteiger partial charge is 0.330 e. The van der Waals surface area contributed by atoms with Gasteiger partial charge in [-0.1, -0.05) is 57.9 Å². The molecule has 0 saturated carbocycles. The van der Waals surface area contributed by atoms with Crippen LogP contribution in [0.25, 0.3) is 0 Å². The van der Waals surface area contributed by atoms with Crippen LogP contribution < -0.4 is 5.73 Å². The van der Waals surface area contributed by atoms with Crippen molar-refractivity contribution in [2.24, 2.45) is 11.7 Å². The smallest absolute Gasteiger partial charge is 0.0449 e. The van der Waals surface area contributed by atoms with Gasteiger partial charge in [0.15, 0.2) is 0 Å². The minimum absolute atomic E-state index is 0.506. The Morgan fingerprint density at radius 2 is 2.04 bits per heavy atom. The van der Waals surface area contributed by atoms with Gasteiger partial charge in [-0.05, 0) is 67.1 Å². The molecule has 132 valence electrons. The topological polar surface area (TPSA) is 29.3 Å². The lowest BCUT2D eigenvalue weighted by atomic mass is 9.90. The standard InChI is InChI=1S/C21H24BrClN2/c22-17-6-5-16(20(23)11-17)9-19-18-4-2-1-3-15(18)10-21(19)25-8-7-14(12-24)13-25/h1-6,11,14,19,21H,7-10,12-13,24H2. The number of rotatable bonds is 4. The van der Waals surface area contributed by atoms with Crippen LogP contribution in [0.2, 0.25) is 5.02 Å². The van der Waals surface area contributed by atoms with Crippen molar-refractivity contribution in [1.29, 1.82) is 0 Å². The van der Waals surface area contributed by atoms with E-state index in [0.717, 1.165) is 35.4 Å². The summed E-state index contributed by atoms with van der Waals surface area (Å²) in [6.07, 6.45) is 3.37. The molecule has 0 bridgehead atoms. The first-order valence-electron chi connectivity index (χ1n) is 9.11. The van der Waals surface area contributed by atoms with E-state index in [1.807, 2.05) is 6.07 Å². The van der Waals surface area contributed by atoms with Crippen molar-refractivity contribution >= 4 is 27.5 Å². The number of hydrogen-bond acceptors (Lipinski definition) is 2. The fourth-order valence-electron chi connectivity index (χ4n) is 4.57. The zero-order valence-corrected chi connectivity index (χ0v) is 16.6. The third kappa shape index (κ3) is 3.52. The molecule has 1 aliphatic heterocycles. The van der Waals surface area contributed by atoms with Crippen LogP contribution in [0, 0.1) is 5.92 Å². The molecule has 25 heavy (non-hydrogen) atoms. The molecule has 2 N–H and O–H groups in total. The van der Waals surface area contributed by atoms with E-state index in [2.05, 4.69) is 57.2 Å². The van der Waals surface area contributed by atoms with Gasteiger partial charge in [0.2, 0.25) is 0 Å². The summed E-state index contributed by atoms with van der Waals surface area (Å²) in [5.41, 5.74) is 10.2. The number of nitrogens with two attached hydrogens (primary N) is 1. The molecular formula is C21H24BrClN2. The lowest BCUT2D eigenvalue weighted by molar-refractivity contribution is 0.212. The summed E-state index contributed by atoms with van der Waals surface area (Å²) < 4.78 is 1.04. The van der Waals surface area contributed by atoms with Gasteiger partial charge in [0.25, 0.3) is 0 Å². The highest BCUT2D eigenvalue weighted by atomic mass is 79.9. The van der Waals surface area contributed by atoms with Crippen molar-refractivity contribution in [1.82, 2.24) is 4.90 Å². The van der Waals surface area contributed by atoms with E-state index in [9.17, 15) is 0 Å². The molecule has 2 nitrogen and oxygen atoms in total. The van der Waals surface area contributed by atoms with E-state index >= 15 is 0 Å². The van der Waals surface area contributed by atoms with E-state index in [1.54, 1.807) is 0 Å². The van der Waals surface area contributed by atoms with E-state index in [4.69, 9.17) is 17.3 Å². The normalized spacial score (nSPS) is 26.1. The lowest BCUT2D eigenvalue weighted by Crippen LogP contribution is -2.37. The average molecular weight is 420 g/mol. The maximum Gasteiger partial charge on any atom is 0.0449 e. The number of hydrogen-bond donors (Lipinski definition) is 1. The van der Waals surface area contributed by atoms with Gasteiger partial charge in [-0.15, -0.1) is 0 Å². The summed E-state index contributed by atoms with van der Waals surface area (Å²) in [4.78, 5) is 2.68. The Kier molecular flexibility index (Phi) is 5.19. The second-order valence-corrected chi connectivity index (χ2v) is 8.72. The van der Waals surface area contributed by atoms with Crippen molar-refractivity contribution in [3.05, 3.63) is 68.7 Å². The Labute approximate surface area is 163 Å². The van der Waals surface area contributed by atoms with Gasteiger partial charge >= 0.3 is 0 Å². The van der Waals surface area contributed by atoms with E-state index in [1.165, 1.54) is 29.7 Å². The summed E-state index contributed by atoms with van der Waals surface area (Å²) in [6, 6.07) is 15.8. The minimum Gasteiger partial charge on any atom is -0.330 e. The zero-order chi connectivity index (χ0) is 17.4. The Morgan fingerprint density at radius 3 is 2.80 bits per heavy atom. The second-order valence-electron chi connectivity index (χ2n) is 7.40. The molecule has 3 atom stereocenters. The van der Waals surface area contributed by atoms with Crippen molar-refractivity contribution in [2.75, 3.05) is 19.6 Å². The molecule has 0 spiro atoms. The highest BCUT2D eigenvalue weighted by molar-refractivity contribution is 9.10. The predicted molar refractivity (Wildman–Crippen MR) is 108 cm³/mol. The van der Waals surface area contributed by atoms with Gasteiger partial charge < -0.3 is 5.73 Å². The molecule has 2 aliphatic rings. The molecule has 4 rings (SSSR count). The lowest BCUT2D eigenvalue weighted by Gasteiger charge is -2.30. The molecule has 1 heterocycles. The van der Waals surface area contributed by atoms with Crippen molar-refractivity contribution in [2.45, 2.75) is 31.2 Å². The first kappa shape index (κ1) is 17.5. The van der Waals surface area contributed by atoms with Crippen LogP contribution in [-0.4, -0.2) is 30.6 Å². The SMILES string of the molecule is NCC1CCN(C2Cc3ccccc3C2Cc2ccc(Br)cc2Cl)C1. The average Bonchev–Trinajstić information content (AvgIpc) is 3.22. The van der Waals surface area contributed by atoms with Gasteiger partial charge in [-0.25, -0.2) is 0 Å². The molecule has 2 aromatic rings. The quantitative estimate of drug-likeness (QED) is 0.782. The van der Waals surface area contributed by atoms with Crippen LogP contribution in [-0.2, 0) is 12.8 Å². The monoisotopic (exact) mass is 418 g/mol. The van der Waals surface area contributed by atoms with Crippen LogP contribution in [0.4, 0.5) is 0 Å². The van der Waals surface area contributed by atoms with Gasteiger partial charge in [0.1, 0.15) is 0 Å². The molecular weight excluding hydrogens is 396 g/mol. The van der Waals surface area contributed by atoms with Crippen LogP contribution in [0.5, 0.6) is 0 Å². The molecule has 0 radical (unpaired) electrons. The Bertz CT molecular complexity index is 763. The number of nitrogens with zero attached hydrogens (tertiary/aromatic N) is 1. The molecule has 1 saturated heterocycles. The fraction of sp³-hybridized carbons (Fsp3) is 0.429. The molecule has 0 amide bonds. The minimum atomic E-state index is 0.506. The highest BCUT2D eigenvalue weighted by Gasteiger charge is 2.38. The molecule has 3 unspecified atom stereocenters. The summed E-state index contributed by atoms with van der Waals surface area (Å²) in [5, 5.41) is 0.860. The Balaban J connectivity index is 1.63. The van der Waals surface area contributed by atoms with Crippen LogP contribution in [0.3, 0.4) is 0 Å². The van der Waals surface area contributed by atoms with Gasteiger partial charge in [0, 0.05) is 28.0 Å². The number of halogens is 2. The van der Waals surface area contributed by atoms with E-state index in [-0.39, 0.29) is 0 Å². The summed E-state index contributed by atoms with van der Waals surface area (Å²) in [5.74, 6) is 1.16. The third-order valence-electron chi connectivity index (χ3n) is 5.92.